The predicted octanol–water partition coefficient (Wildman–Crippen LogP) is 4.14. The molecule has 0 saturated heterocycles. The Morgan fingerprint density at radius 1 is 0.900 bits per heavy atom. The van der Waals surface area contributed by atoms with Gasteiger partial charge in [-0.1, -0.05) is 61.5 Å². The summed E-state index contributed by atoms with van der Waals surface area (Å²) in [4.78, 5) is 0. The first-order valence-corrected chi connectivity index (χ1v) is 7.66. The van der Waals surface area contributed by atoms with Gasteiger partial charge in [0.15, 0.2) is 0 Å². The van der Waals surface area contributed by atoms with Crippen LogP contribution in [0.25, 0.3) is 0 Å². The van der Waals surface area contributed by atoms with Gasteiger partial charge in [-0.15, -0.1) is 0 Å². The summed E-state index contributed by atoms with van der Waals surface area (Å²) >= 11 is 0. The molecule has 0 aliphatic heterocycles. The average Bonchev–Trinajstić information content (AvgIpc) is 2.49. The first-order valence-electron chi connectivity index (χ1n) is 7.66. The first-order chi connectivity index (χ1) is 9.79. The molecule has 0 fully saturated rings. The van der Waals surface area contributed by atoms with Gasteiger partial charge in [-0.25, -0.2) is 0 Å². The molecule has 2 rings (SSSR count). The topological polar surface area (TPSA) is 26.0 Å². The van der Waals surface area contributed by atoms with E-state index >= 15 is 0 Å². The van der Waals surface area contributed by atoms with Gasteiger partial charge in [0.25, 0.3) is 0 Å². The molecule has 1 atom stereocenters. The van der Waals surface area contributed by atoms with E-state index in [0.717, 1.165) is 25.7 Å². The Morgan fingerprint density at radius 2 is 1.55 bits per heavy atom. The maximum Gasteiger partial charge on any atom is 0.00794 e. The van der Waals surface area contributed by atoms with Gasteiger partial charge in [-0.3, -0.25) is 0 Å². The number of aryl methyl sites for hydroxylation is 2. The maximum absolute atomic E-state index is 6.24. The largest absolute Gasteiger partial charge is 0.327 e. The lowest BCUT2D eigenvalue weighted by atomic mass is 9.97. The summed E-state index contributed by atoms with van der Waals surface area (Å²) in [5.41, 5.74) is 10.5. The van der Waals surface area contributed by atoms with Crippen molar-refractivity contribution in [2.45, 2.75) is 45.1 Å². The van der Waals surface area contributed by atoms with Crippen molar-refractivity contribution >= 4 is 0 Å². The highest BCUT2D eigenvalue weighted by Gasteiger charge is 2.05. The van der Waals surface area contributed by atoms with Crippen LogP contribution < -0.4 is 5.73 Å². The first kappa shape index (κ1) is 14.8. The molecule has 0 heterocycles. The Labute approximate surface area is 122 Å². The molecule has 106 valence electrons. The van der Waals surface area contributed by atoms with Crippen molar-refractivity contribution in [1.82, 2.24) is 0 Å². The van der Waals surface area contributed by atoms with E-state index in [9.17, 15) is 0 Å². The van der Waals surface area contributed by atoms with Crippen molar-refractivity contribution in [2.24, 2.45) is 5.73 Å². The molecule has 2 N–H and O–H groups in total. The van der Waals surface area contributed by atoms with E-state index in [-0.39, 0.29) is 6.04 Å². The lowest BCUT2D eigenvalue weighted by Gasteiger charge is -2.12. The number of benzene rings is 2. The standard InChI is InChI=1S/C19H25N/c1-2-17-11-6-7-12-18(17)13-8-14-19(20)15-16-9-4-3-5-10-16/h3-7,9-12,19H,2,8,13-15,20H2,1H3. The minimum absolute atomic E-state index is 0.270. The van der Waals surface area contributed by atoms with Crippen molar-refractivity contribution in [3.05, 3.63) is 71.3 Å². The fraction of sp³-hybridized carbons (Fsp3) is 0.368. The summed E-state index contributed by atoms with van der Waals surface area (Å²) in [5, 5.41) is 0. The number of rotatable bonds is 7. The van der Waals surface area contributed by atoms with Crippen LogP contribution in [0.2, 0.25) is 0 Å². The molecule has 0 bridgehead atoms. The Bertz CT molecular complexity index is 504. The van der Waals surface area contributed by atoms with Gasteiger partial charge in [-0.2, -0.15) is 0 Å². The average molecular weight is 267 g/mol. The van der Waals surface area contributed by atoms with Crippen molar-refractivity contribution in [2.75, 3.05) is 0 Å². The zero-order chi connectivity index (χ0) is 14.2. The molecule has 1 nitrogen and oxygen atoms in total. The molecular formula is C19H25N. The quantitative estimate of drug-likeness (QED) is 0.801. The van der Waals surface area contributed by atoms with E-state index in [0.29, 0.717) is 0 Å². The molecule has 0 saturated carbocycles. The molecule has 0 radical (unpaired) electrons. The third-order valence-electron chi connectivity index (χ3n) is 3.86. The van der Waals surface area contributed by atoms with E-state index in [2.05, 4.69) is 61.5 Å². The second-order valence-electron chi connectivity index (χ2n) is 5.46. The van der Waals surface area contributed by atoms with E-state index in [4.69, 9.17) is 5.73 Å². The molecule has 0 spiro atoms. The third-order valence-corrected chi connectivity index (χ3v) is 3.86. The van der Waals surface area contributed by atoms with Gasteiger partial charge in [-0.05, 0) is 48.8 Å². The van der Waals surface area contributed by atoms with Crippen molar-refractivity contribution in [3.63, 3.8) is 0 Å². The fourth-order valence-electron chi connectivity index (χ4n) is 2.72. The molecule has 0 aliphatic rings. The van der Waals surface area contributed by atoms with Gasteiger partial charge in [0, 0.05) is 6.04 Å². The van der Waals surface area contributed by atoms with E-state index in [1.165, 1.54) is 23.1 Å². The Balaban J connectivity index is 1.78. The summed E-state index contributed by atoms with van der Waals surface area (Å²) in [7, 11) is 0. The van der Waals surface area contributed by atoms with Crippen LogP contribution in [0.5, 0.6) is 0 Å². The van der Waals surface area contributed by atoms with E-state index in [1.54, 1.807) is 0 Å². The Kier molecular flexibility index (Phi) is 5.82. The number of hydrogen-bond acceptors (Lipinski definition) is 1. The summed E-state index contributed by atoms with van der Waals surface area (Å²) in [6.07, 6.45) is 5.51. The van der Waals surface area contributed by atoms with Crippen molar-refractivity contribution in [3.8, 4) is 0 Å². The second kappa shape index (κ2) is 7.86. The van der Waals surface area contributed by atoms with Crippen LogP contribution in [0.15, 0.2) is 54.6 Å². The van der Waals surface area contributed by atoms with Crippen LogP contribution in [-0.2, 0) is 19.3 Å². The highest BCUT2D eigenvalue weighted by Crippen LogP contribution is 2.14. The number of nitrogens with two attached hydrogens (primary N) is 1. The highest BCUT2D eigenvalue weighted by atomic mass is 14.6. The third kappa shape index (κ3) is 4.50. The minimum atomic E-state index is 0.270. The van der Waals surface area contributed by atoms with Gasteiger partial charge >= 0.3 is 0 Å². The fourth-order valence-corrected chi connectivity index (χ4v) is 2.72. The van der Waals surface area contributed by atoms with Crippen LogP contribution in [0.3, 0.4) is 0 Å². The van der Waals surface area contributed by atoms with Gasteiger partial charge in [0.2, 0.25) is 0 Å². The molecule has 0 aromatic heterocycles. The predicted molar refractivity (Wildman–Crippen MR) is 86.9 cm³/mol. The van der Waals surface area contributed by atoms with E-state index < -0.39 is 0 Å². The number of hydrogen-bond donors (Lipinski definition) is 1. The zero-order valence-corrected chi connectivity index (χ0v) is 12.4. The van der Waals surface area contributed by atoms with Crippen LogP contribution in [-0.4, -0.2) is 6.04 Å². The van der Waals surface area contributed by atoms with Gasteiger partial charge in [0.1, 0.15) is 0 Å². The smallest absolute Gasteiger partial charge is 0.00794 e. The summed E-state index contributed by atoms with van der Waals surface area (Å²) in [6.45, 7) is 2.22. The minimum Gasteiger partial charge on any atom is -0.327 e. The monoisotopic (exact) mass is 267 g/mol. The Morgan fingerprint density at radius 3 is 2.25 bits per heavy atom. The molecule has 0 amide bonds. The molecule has 1 heteroatoms. The summed E-state index contributed by atoms with van der Waals surface area (Å²) < 4.78 is 0. The van der Waals surface area contributed by atoms with Crippen molar-refractivity contribution < 1.29 is 0 Å². The Hall–Kier alpha value is -1.60. The maximum atomic E-state index is 6.24. The molecule has 20 heavy (non-hydrogen) atoms. The SMILES string of the molecule is CCc1ccccc1CCCC(N)Cc1ccccc1. The van der Waals surface area contributed by atoms with Crippen molar-refractivity contribution in [1.29, 1.82) is 0 Å². The molecular weight excluding hydrogens is 242 g/mol. The normalized spacial score (nSPS) is 12.3. The summed E-state index contributed by atoms with van der Waals surface area (Å²) in [6, 6.07) is 19.6. The molecule has 2 aromatic carbocycles. The van der Waals surface area contributed by atoms with Crippen LogP contribution in [0.4, 0.5) is 0 Å². The molecule has 0 aliphatic carbocycles. The molecule has 2 aromatic rings. The van der Waals surface area contributed by atoms with Crippen LogP contribution in [0.1, 0.15) is 36.5 Å². The molecule has 1 unspecified atom stereocenters. The van der Waals surface area contributed by atoms with Crippen LogP contribution >= 0.6 is 0 Å². The highest BCUT2D eigenvalue weighted by molar-refractivity contribution is 5.27. The lowest BCUT2D eigenvalue weighted by molar-refractivity contribution is 0.579. The van der Waals surface area contributed by atoms with Gasteiger partial charge < -0.3 is 5.73 Å². The second-order valence-corrected chi connectivity index (χ2v) is 5.46. The van der Waals surface area contributed by atoms with Crippen LogP contribution in [0, 0.1) is 0 Å². The zero-order valence-electron chi connectivity index (χ0n) is 12.4. The van der Waals surface area contributed by atoms with E-state index in [1.807, 2.05) is 0 Å². The lowest BCUT2D eigenvalue weighted by Crippen LogP contribution is -2.22. The van der Waals surface area contributed by atoms with Gasteiger partial charge in [0.05, 0.1) is 0 Å². The summed E-state index contributed by atoms with van der Waals surface area (Å²) in [5.74, 6) is 0.